The van der Waals surface area contributed by atoms with Gasteiger partial charge < -0.3 is 14.2 Å². The molecule has 0 amide bonds. The van der Waals surface area contributed by atoms with Gasteiger partial charge in [0, 0.05) is 19.3 Å². The third-order valence-corrected chi connectivity index (χ3v) is 16.8. The molecule has 0 radical (unpaired) electrons. The smallest absolute Gasteiger partial charge is 0.306 e. The number of allylic oxidation sites excluding steroid dienone is 2. The average molecular weight is 1110 g/mol. The molecule has 0 N–H and O–H groups in total. The highest BCUT2D eigenvalue weighted by Crippen LogP contribution is 2.19. The van der Waals surface area contributed by atoms with Crippen LogP contribution in [-0.2, 0) is 28.6 Å². The SMILES string of the molecule is CCCCCCCCCC/C=C\CCCCCCCCCCCC(=O)OC(COC(=O)CCCCCCCCCCCCCCCCCCCC)COC(=O)CCCCCCCCCCCCCCCCCCCCCCCC. The Morgan fingerprint density at radius 2 is 0.418 bits per heavy atom. The van der Waals surface area contributed by atoms with Crippen molar-refractivity contribution in [2.45, 2.75) is 425 Å². The molecule has 1 atom stereocenters. The monoisotopic (exact) mass is 1110 g/mol. The highest BCUT2D eigenvalue weighted by molar-refractivity contribution is 5.71. The largest absolute Gasteiger partial charge is 0.462 e. The van der Waals surface area contributed by atoms with Crippen molar-refractivity contribution in [3.05, 3.63) is 12.2 Å². The summed E-state index contributed by atoms with van der Waals surface area (Å²) in [6, 6.07) is 0. The van der Waals surface area contributed by atoms with Gasteiger partial charge in [-0.15, -0.1) is 0 Å². The number of rotatable bonds is 68. The number of hydrogen-bond donors (Lipinski definition) is 0. The van der Waals surface area contributed by atoms with Gasteiger partial charge in [-0.2, -0.15) is 0 Å². The summed E-state index contributed by atoms with van der Waals surface area (Å²) in [5.74, 6) is -0.826. The van der Waals surface area contributed by atoms with E-state index in [1.165, 1.54) is 321 Å². The number of unbranched alkanes of at least 4 members (excludes halogenated alkanes) is 55. The van der Waals surface area contributed by atoms with Gasteiger partial charge in [-0.25, -0.2) is 0 Å². The first-order valence-corrected chi connectivity index (χ1v) is 36.2. The van der Waals surface area contributed by atoms with Crippen molar-refractivity contribution in [1.29, 1.82) is 0 Å². The van der Waals surface area contributed by atoms with E-state index in [4.69, 9.17) is 14.2 Å². The molecule has 0 rings (SSSR count). The average Bonchev–Trinajstić information content (AvgIpc) is 3.45. The molecule has 0 saturated carbocycles. The molecule has 0 spiro atoms. The molecule has 6 nitrogen and oxygen atoms in total. The van der Waals surface area contributed by atoms with Crippen molar-refractivity contribution < 1.29 is 28.6 Å². The lowest BCUT2D eigenvalue weighted by Gasteiger charge is -2.18. The summed E-state index contributed by atoms with van der Waals surface area (Å²) in [6.45, 7) is 6.74. The van der Waals surface area contributed by atoms with Crippen LogP contribution < -0.4 is 0 Å². The van der Waals surface area contributed by atoms with Gasteiger partial charge in [0.05, 0.1) is 0 Å². The summed E-state index contributed by atoms with van der Waals surface area (Å²) < 4.78 is 17.0. The molecule has 0 heterocycles. The minimum Gasteiger partial charge on any atom is -0.462 e. The Bertz CT molecular complexity index is 1230. The van der Waals surface area contributed by atoms with Crippen molar-refractivity contribution in [3.63, 3.8) is 0 Å². The quantitative estimate of drug-likeness (QED) is 0.0261. The van der Waals surface area contributed by atoms with E-state index >= 15 is 0 Å². The van der Waals surface area contributed by atoms with Gasteiger partial charge in [0.1, 0.15) is 13.2 Å². The maximum atomic E-state index is 13.0. The van der Waals surface area contributed by atoms with Crippen molar-refractivity contribution >= 4 is 17.9 Å². The number of carbonyl (C=O) groups is 3. The van der Waals surface area contributed by atoms with Gasteiger partial charge in [-0.05, 0) is 44.9 Å². The van der Waals surface area contributed by atoms with Gasteiger partial charge in [0.2, 0.25) is 0 Å². The fourth-order valence-electron chi connectivity index (χ4n) is 11.3. The molecule has 468 valence electrons. The molecule has 0 aromatic carbocycles. The van der Waals surface area contributed by atoms with Gasteiger partial charge in [0.15, 0.2) is 6.10 Å². The van der Waals surface area contributed by atoms with Gasteiger partial charge >= 0.3 is 17.9 Å². The Morgan fingerprint density at radius 1 is 0.241 bits per heavy atom. The number of carbonyl (C=O) groups excluding carboxylic acids is 3. The zero-order valence-corrected chi connectivity index (χ0v) is 53.9. The second-order valence-electron chi connectivity index (χ2n) is 24.9. The van der Waals surface area contributed by atoms with Gasteiger partial charge in [-0.1, -0.05) is 367 Å². The molecule has 0 aliphatic heterocycles. The van der Waals surface area contributed by atoms with E-state index in [-0.39, 0.29) is 31.1 Å². The first-order valence-electron chi connectivity index (χ1n) is 36.2. The van der Waals surface area contributed by atoms with Crippen LogP contribution in [0.1, 0.15) is 419 Å². The zero-order chi connectivity index (χ0) is 57.1. The van der Waals surface area contributed by atoms with E-state index in [2.05, 4.69) is 32.9 Å². The predicted molar refractivity (Wildman–Crippen MR) is 344 cm³/mol. The maximum absolute atomic E-state index is 13.0. The summed E-state index contributed by atoms with van der Waals surface area (Å²) in [7, 11) is 0. The molecule has 0 saturated heterocycles. The molecule has 0 fully saturated rings. The van der Waals surface area contributed by atoms with Crippen LogP contribution in [0.5, 0.6) is 0 Å². The van der Waals surface area contributed by atoms with E-state index in [0.29, 0.717) is 19.3 Å². The summed E-state index contributed by atoms with van der Waals surface area (Å²) in [6.07, 6.45) is 82.4. The van der Waals surface area contributed by atoms with Crippen LogP contribution >= 0.6 is 0 Å². The summed E-state index contributed by atoms with van der Waals surface area (Å²) in [5.41, 5.74) is 0. The molecule has 0 aliphatic carbocycles. The van der Waals surface area contributed by atoms with E-state index < -0.39 is 6.10 Å². The first-order chi connectivity index (χ1) is 39.0. The predicted octanol–water partition coefficient (Wildman–Crippen LogP) is 24.8. The lowest BCUT2D eigenvalue weighted by molar-refractivity contribution is -0.167. The van der Waals surface area contributed by atoms with E-state index in [0.717, 1.165) is 57.8 Å². The van der Waals surface area contributed by atoms with Crippen LogP contribution in [0.3, 0.4) is 0 Å². The second kappa shape index (κ2) is 68.6. The number of hydrogen-bond acceptors (Lipinski definition) is 6. The van der Waals surface area contributed by atoms with E-state index in [9.17, 15) is 14.4 Å². The van der Waals surface area contributed by atoms with E-state index in [1.54, 1.807) is 0 Å². The molecule has 0 aromatic rings. The van der Waals surface area contributed by atoms with Crippen LogP contribution in [0.25, 0.3) is 0 Å². The van der Waals surface area contributed by atoms with Crippen LogP contribution in [0.4, 0.5) is 0 Å². The molecular formula is C73H140O6. The van der Waals surface area contributed by atoms with Crippen molar-refractivity contribution in [3.8, 4) is 0 Å². The normalized spacial score (nSPS) is 12.0. The topological polar surface area (TPSA) is 78.9 Å². The summed E-state index contributed by atoms with van der Waals surface area (Å²) in [4.78, 5) is 38.5. The fourth-order valence-corrected chi connectivity index (χ4v) is 11.3. The van der Waals surface area contributed by atoms with Crippen LogP contribution in [0.15, 0.2) is 12.2 Å². The fraction of sp³-hybridized carbons (Fsp3) is 0.932. The Morgan fingerprint density at radius 3 is 0.633 bits per heavy atom. The maximum Gasteiger partial charge on any atom is 0.306 e. The molecule has 0 aliphatic rings. The standard InChI is InChI=1S/C73H140O6/c1-4-7-10-13-16-19-22-25-28-31-34-36-38-39-42-45-48-51-54-57-60-63-66-72(75)78-69-70(68-77-71(74)65-62-59-56-53-50-47-44-41-33-30-27-24-21-18-15-12-9-6-3)79-73(76)67-64-61-58-55-52-49-46-43-40-37-35-32-29-26-23-20-17-14-11-8-5-2/h32,35,70H,4-31,33-34,36-69H2,1-3H3/b35-32-. The number of esters is 3. The highest BCUT2D eigenvalue weighted by Gasteiger charge is 2.19. The molecule has 0 bridgehead atoms. The molecule has 1 unspecified atom stereocenters. The third-order valence-electron chi connectivity index (χ3n) is 16.8. The first kappa shape index (κ1) is 77.2. The molecular weight excluding hydrogens is 973 g/mol. The molecule has 0 aromatic heterocycles. The van der Waals surface area contributed by atoms with Gasteiger partial charge in [-0.3, -0.25) is 14.4 Å². The minimum absolute atomic E-state index is 0.0635. The van der Waals surface area contributed by atoms with E-state index in [1.807, 2.05) is 0 Å². The second-order valence-corrected chi connectivity index (χ2v) is 24.9. The molecule has 6 heteroatoms. The van der Waals surface area contributed by atoms with Crippen molar-refractivity contribution in [2.24, 2.45) is 0 Å². The van der Waals surface area contributed by atoms with Gasteiger partial charge in [0.25, 0.3) is 0 Å². The Labute approximate surface area is 494 Å². The van der Waals surface area contributed by atoms with Crippen molar-refractivity contribution in [1.82, 2.24) is 0 Å². The number of ether oxygens (including phenoxy) is 3. The zero-order valence-electron chi connectivity index (χ0n) is 53.9. The third kappa shape index (κ3) is 66.8. The summed E-state index contributed by atoms with van der Waals surface area (Å²) in [5, 5.41) is 0. The Hall–Kier alpha value is -1.85. The van der Waals surface area contributed by atoms with Crippen molar-refractivity contribution in [2.75, 3.05) is 13.2 Å². The lowest BCUT2D eigenvalue weighted by Crippen LogP contribution is -2.30. The molecule has 79 heavy (non-hydrogen) atoms. The highest BCUT2D eigenvalue weighted by atomic mass is 16.6. The minimum atomic E-state index is -0.768. The lowest BCUT2D eigenvalue weighted by atomic mass is 10.0. The Balaban J connectivity index is 4.28. The van der Waals surface area contributed by atoms with Crippen LogP contribution in [-0.4, -0.2) is 37.2 Å². The van der Waals surface area contributed by atoms with Crippen LogP contribution in [0, 0.1) is 0 Å². The summed E-state index contributed by atoms with van der Waals surface area (Å²) >= 11 is 0. The Kier molecular flexibility index (Phi) is 67.0. The van der Waals surface area contributed by atoms with Crippen LogP contribution in [0.2, 0.25) is 0 Å².